The highest BCUT2D eigenvalue weighted by atomic mass is 16.2. The van der Waals surface area contributed by atoms with Gasteiger partial charge in [-0.2, -0.15) is 0 Å². The van der Waals surface area contributed by atoms with Gasteiger partial charge in [-0.25, -0.2) is 0 Å². The van der Waals surface area contributed by atoms with E-state index in [9.17, 15) is 9.59 Å². The van der Waals surface area contributed by atoms with E-state index in [1.54, 1.807) is 0 Å². The minimum Gasteiger partial charge on any atom is -0.353 e. The Morgan fingerprint density at radius 1 is 1.15 bits per heavy atom. The van der Waals surface area contributed by atoms with Crippen LogP contribution in [-0.2, 0) is 9.59 Å². The molecule has 0 bridgehead atoms. The topological polar surface area (TPSA) is 52.6 Å². The van der Waals surface area contributed by atoms with Crippen LogP contribution in [0.1, 0.15) is 51.0 Å². The molecule has 2 fully saturated rings. The standard InChI is InChI=1S/C21H31N3O2/c1-16-8-10-19(11-9-16)24-14-17(2)23(15-21(24)26)13-12-20(25)22-18-6-4-3-5-7-18/h8-11,17-18H,3-7,12-15H2,1-2H3,(H,22,25)/t17-/m1/s1. The summed E-state index contributed by atoms with van der Waals surface area (Å²) in [4.78, 5) is 28.8. The van der Waals surface area contributed by atoms with E-state index < -0.39 is 0 Å². The average molecular weight is 357 g/mol. The second kappa shape index (κ2) is 8.67. The number of hydrogen-bond donors (Lipinski definition) is 1. The number of hydrogen-bond acceptors (Lipinski definition) is 3. The first-order valence-corrected chi connectivity index (χ1v) is 9.93. The lowest BCUT2D eigenvalue weighted by Gasteiger charge is -2.39. The van der Waals surface area contributed by atoms with E-state index >= 15 is 0 Å². The third-order valence-corrected chi connectivity index (χ3v) is 5.65. The van der Waals surface area contributed by atoms with Crippen LogP contribution in [0.3, 0.4) is 0 Å². The minimum atomic E-state index is 0.111. The lowest BCUT2D eigenvalue weighted by atomic mass is 9.95. The first-order valence-electron chi connectivity index (χ1n) is 9.93. The zero-order valence-corrected chi connectivity index (χ0v) is 16.0. The summed E-state index contributed by atoms with van der Waals surface area (Å²) in [5.74, 6) is 0.233. The van der Waals surface area contributed by atoms with Crippen molar-refractivity contribution in [2.24, 2.45) is 0 Å². The van der Waals surface area contributed by atoms with Gasteiger partial charge in [0.25, 0.3) is 0 Å². The number of carbonyl (C=O) groups is 2. The van der Waals surface area contributed by atoms with Crippen LogP contribution >= 0.6 is 0 Å². The molecule has 2 aliphatic rings. The highest BCUT2D eigenvalue weighted by Gasteiger charge is 2.30. The highest BCUT2D eigenvalue weighted by molar-refractivity contribution is 5.95. The van der Waals surface area contributed by atoms with Gasteiger partial charge in [0.05, 0.1) is 6.54 Å². The summed E-state index contributed by atoms with van der Waals surface area (Å²) in [5, 5.41) is 3.16. The maximum Gasteiger partial charge on any atom is 0.241 e. The Balaban J connectivity index is 1.48. The molecule has 1 aromatic carbocycles. The van der Waals surface area contributed by atoms with E-state index in [4.69, 9.17) is 0 Å². The molecule has 0 aromatic heterocycles. The second-order valence-corrected chi connectivity index (χ2v) is 7.81. The fourth-order valence-corrected chi connectivity index (χ4v) is 3.96. The number of anilines is 1. The molecule has 1 atom stereocenters. The van der Waals surface area contributed by atoms with Crippen LogP contribution in [-0.4, -0.2) is 48.4 Å². The molecule has 0 spiro atoms. The van der Waals surface area contributed by atoms with Crippen LogP contribution in [0.25, 0.3) is 0 Å². The summed E-state index contributed by atoms with van der Waals surface area (Å²) in [7, 11) is 0. The Labute approximate surface area is 156 Å². The van der Waals surface area contributed by atoms with Gasteiger partial charge < -0.3 is 10.2 Å². The predicted molar refractivity (Wildman–Crippen MR) is 104 cm³/mol. The summed E-state index contributed by atoms with van der Waals surface area (Å²) in [5.41, 5.74) is 2.15. The molecule has 1 saturated heterocycles. The molecule has 142 valence electrons. The molecule has 1 aliphatic carbocycles. The predicted octanol–water partition coefficient (Wildman–Crippen LogP) is 2.87. The lowest BCUT2D eigenvalue weighted by Crippen LogP contribution is -2.55. The number of rotatable bonds is 5. The third-order valence-electron chi connectivity index (χ3n) is 5.65. The normalized spacial score (nSPS) is 22.5. The fraction of sp³-hybridized carbons (Fsp3) is 0.619. The zero-order valence-electron chi connectivity index (χ0n) is 16.0. The second-order valence-electron chi connectivity index (χ2n) is 7.81. The molecule has 1 aromatic rings. The Bertz CT molecular complexity index is 623. The van der Waals surface area contributed by atoms with Gasteiger partial charge in [0.15, 0.2) is 0 Å². The van der Waals surface area contributed by atoms with Crippen molar-refractivity contribution in [2.75, 3.05) is 24.5 Å². The Hall–Kier alpha value is -1.88. The van der Waals surface area contributed by atoms with Crippen molar-refractivity contribution in [1.29, 1.82) is 0 Å². The molecule has 2 amide bonds. The molecule has 26 heavy (non-hydrogen) atoms. The number of amides is 2. The SMILES string of the molecule is Cc1ccc(N2C[C@@H](C)N(CCC(=O)NC3CCCCC3)CC2=O)cc1. The summed E-state index contributed by atoms with van der Waals surface area (Å²) < 4.78 is 0. The van der Waals surface area contributed by atoms with Gasteiger partial charge in [-0.1, -0.05) is 37.0 Å². The lowest BCUT2D eigenvalue weighted by molar-refractivity contribution is -0.125. The molecule has 0 radical (unpaired) electrons. The first-order chi connectivity index (χ1) is 12.5. The van der Waals surface area contributed by atoms with Crippen molar-refractivity contribution < 1.29 is 9.59 Å². The van der Waals surface area contributed by atoms with Crippen LogP contribution < -0.4 is 10.2 Å². The van der Waals surface area contributed by atoms with Crippen LogP contribution in [0.4, 0.5) is 5.69 Å². The molecular formula is C21H31N3O2. The smallest absolute Gasteiger partial charge is 0.241 e. The minimum absolute atomic E-state index is 0.111. The molecular weight excluding hydrogens is 326 g/mol. The number of aryl methyl sites for hydroxylation is 1. The number of nitrogens with zero attached hydrogens (tertiary/aromatic N) is 2. The molecule has 1 saturated carbocycles. The van der Waals surface area contributed by atoms with E-state index in [0.717, 1.165) is 18.5 Å². The Morgan fingerprint density at radius 3 is 2.54 bits per heavy atom. The third kappa shape index (κ3) is 4.85. The highest BCUT2D eigenvalue weighted by Crippen LogP contribution is 2.21. The van der Waals surface area contributed by atoms with Gasteiger partial charge in [-0.15, -0.1) is 0 Å². The first kappa shape index (κ1) is 18.9. The van der Waals surface area contributed by atoms with Gasteiger partial charge in [0, 0.05) is 37.3 Å². The monoisotopic (exact) mass is 357 g/mol. The molecule has 1 aliphatic heterocycles. The number of piperazine rings is 1. The molecule has 0 unspecified atom stereocenters. The van der Waals surface area contributed by atoms with E-state index in [2.05, 4.69) is 17.1 Å². The molecule has 5 heteroatoms. The molecule has 1 N–H and O–H groups in total. The maximum atomic E-state index is 12.6. The van der Waals surface area contributed by atoms with Crippen LogP contribution in [0, 0.1) is 6.92 Å². The summed E-state index contributed by atoms with van der Waals surface area (Å²) in [6.45, 7) is 5.88. The van der Waals surface area contributed by atoms with Crippen molar-refractivity contribution in [2.45, 2.75) is 64.5 Å². The van der Waals surface area contributed by atoms with Crippen molar-refractivity contribution >= 4 is 17.5 Å². The van der Waals surface area contributed by atoms with E-state index in [1.807, 2.05) is 36.1 Å². The average Bonchev–Trinajstić information content (AvgIpc) is 2.64. The summed E-state index contributed by atoms with van der Waals surface area (Å²) in [6.07, 6.45) is 6.41. The fourth-order valence-electron chi connectivity index (χ4n) is 3.96. The molecule has 3 rings (SSSR count). The number of carbonyl (C=O) groups excluding carboxylic acids is 2. The Kier molecular flexibility index (Phi) is 6.30. The number of benzene rings is 1. The summed E-state index contributed by atoms with van der Waals surface area (Å²) >= 11 is 0. The van der Waals surface area contributed by atoms with Crippen LogP contribution in [0.5, 0.6) is 0 Å². The van der Waals surface area contributed by atoms with E-state index in [-0.39, 0.29) is 17.9 Å². The van der Waals surface area contributed by atoms with Gasteiger partial charge in [0.2, 0.25) is 11.8 Å². The Morgan fingerprint density at radius 2 is 1.85 bits per heavy atom. The van der Waals surface area contributed by atoms with Gasteiger partial charge in [0.1, 0.15) is 0 Å². The van der Waals surface area contributed by atoms with Crippen molar-refractivity contribution in [3.63, 3.8) is 0 Å². The van der Waals surface area contributed by atoms with Gasteiger partial charge in [-0.05, 0) is 38.8 Å². The van der Waals surface area contributed by atoms with Crippen LogP contribution in [0.15, 0.2) is 24.3 Å². The quantitative estimate of drug-likeness (QED) is 0.882. The maximum absolute atomic E-state index is 12.6. The molecule has 5 nitrogen and oxygen atoms in total. The van der Waals surface area contributed by atoms with E-state index in [1.165, 1.54) is 24.8 Å². The zero-order chi connectivity index (χ0) is 18.5. The van der Waals surface area contributed by atoms with Gasteiger partial charge >= 0.3 is 0 Å². The van der Waals surface area contributed by atoms with Crippen molar-refractivity contribution in [3.05, 3.63) is 29.8 Å². The van der Waals surface area contributed by atoms with Crippen molar-refractivity contribution in [3.8, 4) is 0 Å². The van der Waals surface area contributed by atoms with Crippen LogP contribution in [0.2, 0.25) is 0 Å². The van der Waals surface area contributed by atoms with Gasteiger partial charge in [-0.3, -0.25) is 14.5 Å². The van der Waals surface area contributed by atoms with Crippen molar-refractivity contribution in [1.82, 2.24) is 10.2 Å². The summed E-state index contributed by atoms with van der Waals surface area (Å²) in [6, 6.07) is 8.69. The largest absolute Gasteiger partial charge is 0.353 e. The number of nitrogens with one attached hydrogen (secondary N) is 1. The van der Waals surface area contributed by atoms with E-state index in [0.29, 0.717) is 32.1 Å². The molecule has 1 heterocycles.